The first-order valence-electron chi connectivity index (χ1n) is 8.18. The molecule has 7 nitrogen and oxygen atoms in total. The fourth-order valence-electron chi connectivity index (χ4n) is 2.52. The molecule has 0 spiro atoms. The summed E-state index contributed by atoms with van der Waals surface area (Å²) in [6, 6.07) is 14.3. The molecule has 0 aliphatic rings. The summed E-state index contributed by atoms with van der Waals surface area (Å²) in [6.45, 7) is 0. The van der Waals surface area contributed by atoms with Crippen molar-refractivity contribution in [1.29, 1.82) is 5.26 Å². The van der Waals surface area contributed by atoms with E-state index >= 15 is 0 Å². The van der Waals surface area contributed by atoms with Gasteiger partial charge in [0.15, 0.2) is 11.0 Å². The molecular weight excluding hydrogens is 398 g/mol. The largest absolute Gasteiger partial charge is 0.496 e. The van der Waals surface area contributed by atoms with Crippen LogP contribution in [0.1, 0.15) is 5.56 Å². The van der Waals surface area contributed by atoms with Crippen molar-refractivity contribution >= 4 is 35.0 Å². The fourth-order valence-corrected chi connectivity index (χ4v) is 3.45. The van der Waals surface area contributed by atoms with Crippen LogP contribution in [0, 0.1) is 11.3 Å². The molecular formula is C19H16ClN5O2S. The number of nitriles is 1. The number of anilines is 1. The van der Waals surface area contributed by atoms with E-state index in [9.17, 15) is 4.79 Å². The number of ether oxygens (including phenoxy) is 1. The van der Waals surface area contributed by atoms with Gasteiger partial charge in [0, 0.05) is 12.7 Å². The second-order valence-corrected chi connectivity index (χ2v) is 7.06. The van der Waals surface area contributed by atoms with Crippen molar-refractivity contribution in [1.82, 2.24) is 14.8 Å². The number of rotatable bonds is 6. The number of halogens is 1. The average molecular weight is 414 g/mol. The summed E-state index contributed by atoms with van der Waals surface area (Å²) in [5.74, 6) is 1.28. The third-order valence-corrected chi connectivity index (χ3v) is 5.22. The van der Waals surface area contributed by atoms with Crippen molar-refractivity contribution in [3.63, 3.8) is 0 Å². The number of nitrogens with zero attached hydrogens (tertiary/aromatic N) is 4. The van der Waals surface area contributed by atoms with Gasteiger partial charge in [-0.1, -0.05) is 35.5 Å². The lowest BCUT2D eigenvalue weighted by Gasteiger charge is -2.08. The van der Waals surface area contributed by atoms with E-state index in [1.54, 1.807) is 25.3 Å². The standard InChI is InChI=1S/C19H16ClN5O2S/c1-25-18(14-5-3-4-6-16(14)27-2)23-24-19(25)28-11-17(26)22-13-8-7-12(10-21)15(20)9-13/h3-9H,11H2,1-2H3,(H,22,26). The van der Waals surface area contributed by atoms with Gasteiger partial charge in [-0.2, -0.15) is 5.26 Å². The molecule has 3 aromatic rings. The first-order valence-corrected chi connectivity index (χ1v) is 9.55. The van der Waals surface area contributed by atoms with Crippen LogP contribution in [-0.2, 0) is 11.8 Å². The van der Waals surface area contributed by atoms with E-state index in [-0.39, 0.29) is 11.7 Å². The van der Waals surface area contributed by atoms with Gasteiger partial charge in [0.25, 0.3) is 0 Å². The molecule has 1 N–H and O–H groups in total. The summed E-state index contributed by atoms with van der Waals surface area (Å²) in [5, 5.41) is 20.9. The topological polar surface area (TPSA) is 92.8 Å². The molecule has 28 heavy (non-hydrogen) atoms. The Balaban J connectivity index is 1.67. The Kier molecular flexibility index (Phi) is 6.19. The molecule has 0 unspecified atom stereocenters. The first-order chi connectivity index (χ1) is 13.5. The summed E-state index contributed by atoms with van der Waals surface area (Å²) in [6.07, 6.45) is 0. The summed E-state index contributed by atoms with van der Waals surface area (Å²) in [5.41, 5.74) is 1.71. The van der Waals surface area contributed by atoms with E-state index in [0.717, 1.165) is 5.56 Å². The molecule has 142 valence electrons. The van der Waals surface area contributed by atoms with Gasteiger partial charge in [0.2, 0.25) is 5.91 Å². The van der Waals surface area contributed by atoms with Crippen molar-refractivity contribution in [3.8, 4) is 23.2 Å². The normalized spacial score (nSPS) is 10.4. The van der Waals surface area contributed by atoms with Crippen molar-refractivity contribution in [2.75, 3.05) is 18.2 Å². The smallest absolute Gasteiger partial charge is 0.234 e. The molecule has 3 rings (SSSR count). The minimum Gasteiger partial charge on any atom is -0.496 e. The second kappa shape index (κ2) is 8.78. The summed E-state index contributed by atoms with van der Waals surface area (Å²) in [7, 11) is 3.44. The molecule has 0 saturated heterocycles. The van der Waals surface area contributed by atoms with Gasteiger partial charge in [-0.25, -0.2) is 0 Å². The lowest BCUT2D eigenvalue weighted by molar-refractivity contribution is -0.113. The van der Waals surface area contributed by atoms with E-state index < -0.39 is 0 Å². The van der Waals surface area contributed by atoms with Crippen LogP contribution >= 0.6 is 23.4 Å². The lowest BCUT2D eigenvalue weighted by atomic mass is 10.2. The summed E-state index contributed by atoms with van der Waals surface area (Å²) >= 11 is 7.25. The van der Waals surface area contributed by atoms with Gasteiger partial charge in [-0.05, 0) is 30.3 Å². The Morgan fingerprint density at radius 3 is 2.82 bits per heavy atom. The molecule has 2 aromatic carbocycles. The lowest BCUT2D eigenvalue weighted by Crippen LogP contribution is -2.14. The van der Waals surface area contributed by atoms with Crippen LogP contribution in [-0.4, -0.2) is 33.5 Å². The van der Waals surface area contributed by atoms with E-state index in [1.165, 1.54) is 11.8 Å². The number of hydrogen-bond acceptors (Lipinski definition) is 6. The van der Waals surface area contributed by atoms with Gasteiger partial charge < -0.3 is 14.6 Å². The number of hydrogen-bond donors (Lipinski definition) is 1. The molecule has 0 bridgehead atoms. The third kappa shape index (κ3) is 4.27. The molecule has 9 heteroatoms. The zero-order valence-electron chi connectivity index (χ0n) is 15.1. The van der Waals surface area contributed by atoms with Crippen LogP contribution in [0.3, 0.4) is 0 Å². The zero-order valence-corrected chi connectivity index (χ0v) is 16.7. The Morgan fingerprint density at radius 1 is 1.32 bits per heavy atom. The number of carbonyl (C=O) groups excluding carboxylic acids is 1. The molecule has 1 heterocycles. The van der Waals surface area contributed by atoms with Gasteiger partial charge in [-0.15, -0.1) is 10.2 Å². The molecule has 0 fully saturated rings. The number of thioether (sulfide) groups is 1. The van der Waals surface area contributed by atoms with E-state index in [1.807, 2.05) is 41.9 Å². The Labute approximate surface area is 171 Å². The van der Waals surface area contributed by atoms with Crippen molar-refractivity contribution < 1.29 is 9.53 Å². The molecule has 0 saturated carbocycles. The van der Waals surface area contributed by atoms with Crippen molar-refractivity contribution in [2.24, 2.45) is 7.05 Å². The maximum atomic E-state index is 12.2. The Morgan fingerprint density at radius 2 is 2.11 bits per heavy atom. The highest BCUT2D eigenvalue weighted by molar-refractivity contribution is 7.99. The number of benzene rings is 2. The minimum atomic E-state index is -0.215. The summed E-state index contributed by atoms with van der Waals surface area (Å²) < 4.78 is 7.19. The predicted octanol–water partition coefficient (Wildman–Crippen LogP) is 3.75. The molecule has 1 aromatic heterocycles. The third-order valence-electron chi connectivity index (χ3n) is 3.89. The van der Waals surface area contributed by atoms with Crippen molar-refractivity contribution in [3.05, 3.63) is 53.1 Å². The molecule has 0 radical (unpaired) electrons. The van der Waals surface area contributed by atoms with Crippen LogP contribution in [0.15, 0.2) is 47.6 Å². The number of amides is 1. The van der Waals surface area contributed by atoms with Crippen molar-refractivity contribution in [2.45, 2.75) is 5.16 Å². The number of methoxy groups -OCH3 is 1. The Hall–Kier alpha value is -3.02. The predicted molar refractivity (Wildman–Crippen MR) is 109 cm³/mol. The number of para-hydroxylation sites is 1. The number of carbonyl (C=O) groups is 1. The SMILES string of the molecule is COc1ccccc1-c1nnc(SCC(=O)Nc2ccc(C#N)c(Cl)c2)n1C. The highest BCUT2D eigenvalue weighted by atomic mass is 35.5. The van der Waals surface area contributed by atoms with Crippen LogP contribution in [0.4, 0.5) is 5.69 Å². The summed E-state index contributed by atoms with van der Waals surface area (Å²) in [4.78, 5) is 12.2. The van der Waals surface area contributed by atoms with E-state index in [4.69, 9.17) is 21.6 Å². The van der Waals surface area contributed by atoms with Gasteiger partial charge >= 0.3 is 0 Å². The van der Waals surface area contributed by atoms with Gasteiger partial charge in [-0.3, -0.25) is 4.79 Å². The molecule has 0 aliphatic carbocycles. The second-order valence-electron chi connectivity index (χ2n) is 5.71. The monoisotopic (exact) mass is 413 g/mol. The van der Waals surface area contributed by atoms with Gasteiger partial charge in [0.05, 0.1) is 29.0 Å². The Bertz CT molecular complexity index is 1060. The number of nitrogens with one attached hydrogen (secondary N) is 1. The van der Waals surface area contributed by atoms with Crippen LogP contribution in [0.2, 0.25) is 5.02 Å². The van der Waals surface area contributed by atoms with E-state index in [0.29, 0.717) is 33.0 Å². The maximum absolute atomic E-state index is 12.2. The highest BCUT2D eigenvalue weighted by Gasteiger charge is 2.16. The molecule has 1 amide bonds. The van der Waals surface area contributed by atoms with E-state index in [2.05, 4.69) is 15.5 Å². The minimum absolute atomic E-state index is 0.148. The van der Waals surface area contributed by atoms with Crippen LogP contribution in [0.25, 0.3) is 11.4 Å². The quantitative estimate of drug-likeness (QED) is 0.618. The first kappa shape index (κ1) is 19.7. The highest BCUT2D eigenvalue weighted by Crippen LogP contribution is 2.30. The number of aromatic nitrogens is 3. The van der Waals surface area contributed by atoms with Gasteiger partial charge in [0.1, 0.15) is 11.8 Å². The molecule has 0 aliphatic heterocycles. The zero-order chi connectivity index (χ0) is 20.1. The van der Waals surface area contributed by atoms with Crippen LogP contribution < -0.4 is 10.1 Å². The average Bonchev–Trinajstić information content (AvgIpc) is 3.06. The molecule has 0 atom stereocenters. The maximum Gasteiger partial charge on any atom is 0.234 e. The fraction of sp³-hybridized carbons (Fsp3) is 0.158. The van der Waals surface area contributed by atoms with Crippen LogP contribution in [0.5, 0.6) is 5.75 Å².